The van der Waals surface area contributed by atoms with Gasteiger partial charge in [-0.2, -0.15) is 0 Å². The van der Waals surface area contributed by atoms with Crippen molar-refractivity contribution in [2.45, 2.75) is 32.9 Å². The number of nitrogens with zero attached hydrogens (tertiary/aromatic N) is 4. The molecule has 2 atom stereocenters. The summed E-state index contributed by atoms with van der Waals surface area (Å²) >= 11 is 7.35. The number of thiazole rings is 1. The number of fused-ring (bicyclic) bond motifs is 1. The number of methoxy groups -OCH3 is 1. The van der Waals surface area contributed by atoms with Gasteiger partial charge < -0.3 is 9.64 Å². The Hall–Kier alpha value is -3.18. The lowest BCUT2D eigenvalue weighted by Gasteiger charge is -2.15. The molecular weight excluding hydrogens is 500 g/mol. The fraction of sp³-hybridized carbons (Fsp3) is 0.348. The van der Waals surface area contributed by atoms with Gasteiger partial charge in [0.15, 0.2) is 5.13 Å². The van der Waals surface area contributed by atoms with Crippen LogP contribution in [0, 0.1) is 18.8 Å². The van der Waals surface area contributed by atoms with Crippen LogP contribution >= 0.6 is 22.9 Å². The molecular formula is C23H20ClF2N5O3S. The Labute approximate surface area is 208 Å². The minimum atomic E-state index is -2.47. The first-order valence-corrected chi connectivity index (χ1v) is 12.0. The third-order valence-electron chi connectivity index (χ3n) is 6.10. The number of aromatic nitrogens is 3. The molecule has 0 bridgehead atoms. The van der Waals surface area contributed by atoms with Crippen LogP contribution in [0.3, 0.4) is 0 Å². The van der Waals surface area contributed by atoms with Gasteiger partial charge in [-0.15, -0.1) is 0 Å². The number of carbonyl (C=O) groups is 2. The minimum Gasteiger partial charge on any atom is -0.494 e. The van der Waals surface area contributed by atoms with Gasteiger partial charge in [0, 0.05) is 34.9 Å². The molecule has 3 aromatic rings. The fourth-order valence-electron chi connectivity index (χ4n) is 4.18. The maximum absolute atomic E-state index is 13.2. The molecule has 0 unspecified atom stereocenters. The van der Waals surface area contributed by atoms with Crippen molar-refractivity contribution in [3.63, 3.8) is 0 Å². The second-order valence-corrected chi connectivity index (χ2v) is 9.93. The first-order chi connectivity index (χ1) is 16.7. The first kappa shape index (κ1) is 23.6. The number of aryl methyl sites for hydroxylation is 1. The number of hydrogen-bond acceptors (Lipinski definition) is 7. The Morgan fingerprint density at radius 3 is 2.71 bits per heavy atom. The molecule has 0 aromatic carbocycles. The zero-order valence-electron chi connectivity index (χ0n) is 18.7. The summed E-state index contributed by atoms with van der Waals surface area (Å²) < 4.78 is 31.0. The molecule has 0 saturated heterocycles. The van der Waals surface area contributed by atoms with Crippen molar-refractivity contribution in [3.05, 3.63) is 51.5 Å². The molecule has 4 heterocycles. The van der Waals surface area contributed by atoms with Gasteiger partial charge in [0.1, 0.15) is 10.9 Å². The molecule has 35 heavy (non-hydrogen) atoms. The second kappa shape index (κ2) is 9.12. The monoisotopic (exact) mass is 519 g/mol. The lowest BCUT2D eigenvalue weighted by molar-refractivity contribution is -0.134. The summed E-state index contributed by atoms with van der Waals surface area (Å²) in [5.41, 5.74) is 2.85. The van der Waals surface area contributed by atoms with Gasteiger partial charge in [0.2, 0.25) is 12.3 Å². The molecule has 2 aliphatic rings. The molecule has 1 N–H and O–H groups in total. The maximum atomic E-state index is 13.2. The number of rotatable bonds is 6. The van der Waals surface area contributed by atoms with Gasteiger partial charge >= 0.3 is 0 Å². The van der Waals surface area contributed by atoms with Crippen LogP contribution in [0.15, 0.2) is 24.5 Å². The molecule has 5 rings (SSSR count). The maximum Gasteiger partial charge on any atom is 0.259 e. The molecule has 2 amide bonds. The number of hydrogen-bond donors (Lipinski definition) is 1. The Bertz CT molecular complexity index is 1310. The number of carbonyl (C=O) groups excluding carboxylic acids is 2. The van der Waals surface area contributed by atoms with Gasteiger partial charge in [-0.3, -0.25) is 19.9 Å². The van der Waals surface area contributed by atoms with Crippen LogP contribution < -0.4 is 10.1 Å². The average Bonchev–Trinajstić information content (AvgIpc) is 3.41. The van der Waals surface area contributed by atoms with E-state index in [9.17, 15) is 18.4 Å². The number of halogens is 3. The van der Waals surface area contributed by atoms with Crippen LogP contribution in [0.25, 0.3) is 11.1 Å². The second-order valence-electron chi connectivity index (χ2n) is 8.46. The summed E-state index contributed by atoms with van der Waals surface area (Å²) in [7, 11) is 1.50. The molecule has 1 aliphatic heterocycles. The van der Waals surface area contributed by atoms with Crippen molar-refractivity contribution in [3.8, 4) is 16.9 Å². The van der Waals surface area contributed by atoms with Crippen molar-refractivity contribution in [2.24, 2.45) is 11.8 Å². The van der Waals surface area contributed by atoms with Gasteiger partial charge in [0.25, 0.3) is 5.91 Å². The van der Waals surface area contributed by atoms with Crippen LogP contribution in [-0.2, 0) is 17.9 Å². The molecule has 0 spiro atoms. The zero-order valence-corrected chi connectivity index (χ0v) is 20.3. The van der Waals surface area contributed by atoms with Gasteiger partial charge in [-0.25, -0.2) is 18.7 Å². The van der Waals surface area contributed by atoms with Crippen molar-refractivity contribution in [1.29, 1.82) is 0 Å². The molecule has 3 aromatic heterocycles. The van der Waals surface area contributed by atoms with E-state index in [1.54, 1.807) is 17.0 Å². The number of nitrogens with one attached hydrogen (secondary N) is 1. The highest BCUT2D eigenvalue weighted by atomic mass is 35.5. The predicted molar refractivity (Wildman–Crippen MR) is 126 cm³/mol. The van der Waals surface area contributed by atoms with E-state index in [1.165, 1.54) is 30.8 Å². The number of alkyl halides is 2. The minimum absolute atomic E-state index is 0.232. The Morgan fingerprint density at radius 1 is 1.23 bits per heavy atom. The molecule has 8 nitrogen and oxygen atoms in total. The summed E-state index contributed by atoms with van der Waals surface area (Å²) in [4.78, 5) is 40.8. The molecule has 12 heteroatoms. The third-order valence-corrected chi connectivity index (χ3v) is 7.30. The lowest BCUT2D eigenvalue weighted by Crippen LogP contribution is -2.28. The SMILES string of the molecule is COc1cnc(Cl)cc1-c1cc(C)ncc1C(=O)Nc1nc2c(s1)CN(C(=O)[C@@H]1C[C@@H]1C(F)F)C2. The molecule has 1 fully saturated rings. The highest BCUT2D eigenvalue weighted by Crippen LogP contribution is 2.45. The van der Waals surface area contributed by atoms with E-state index in [0.29, 0.717) is 45.5 Å². The summed E-state index contributed by atoms with van der Waals surface area (Å²) in [5, 5.41) is 3.44. The smallest absolute Gasteiger partial charge is 0.259 e. The van der Waals surface area contributed by atoms with E-state index < -0.39 is 24.2 Å². The summed E-state index contributed by atoms with van der Waals surface area (Å²) in [6.07, 6.45) is 0.726. The molecule has 1 saturated carbocycles. The normalized spacial score (nSPS) is 18.5. The fourth-order valence-corrected chi connectivity index (χ4v) is 5.32. The van der Waals surface area contributed by atoms with Gasteiger partial charge in [0.05, 0.1) is 42.5 Å². The summed E-state index contributed by atoms with van der Waals surface area (Å²) in [5.74, 6) is -1.66. The van der Waals surface area contributed by atoms with Crippen LogP contribution in [-0.4, -0.2) is 45.2 Å². The number of ether oxygens (including phenoxy) is 1. The van der Waals surface area contributed by atoms with E-state index in [-0.39, 0.29) is 24.0 Å². The topological polar surface area (TPSA) is 97.3 Å². The largest absolute Gasteiger partial charge is 0.494 e. The van der Waals surface area contributed by atoms with Crippen LogP contribution in [0.4, 0.5) is 13.9 Å². The Kier molecular flexibility index (Phi) is 6.14. The number of amides is 2. The molecule has 182 valence electrons. The molecule has 1 aliphatic carbocycles. The number of pyridine rings is 2. The third kappa shape index (κ3) is 4.57. The Balaban J connectivity index is 1.33. The van der Waals surface area contributed by atoms with E-state index in [4.69, 9.17) is 16.3 Å². The van der Waals surface area contributed by atoms with Crippen LogP contribution in [0.5, 0.6) is 5.75 Å². The molecule has 0 radical (unpaired) electrons. The lowest BCUT2D eigenvalue weighted by atomic mass is 10.0. The van der Waals surface area contributed by atoms with E-state index in [2.05, 4.69) is 20.3 Å². The van der Waals surface area contributed by atoms with Crippen molar-refractivity contribution < 1.29 is 23.1 Å². The van der Waals surface area contributed by atoms with E-state index >= 15 is 0 Å². The zero-order chi connectivity index (χ0) is 24.9. The van der Waals surface area contributed by atoms with Crippen molar-refractivity contribution >= 4 is 39.9 Å². The number of anilines is 1. The first-order valence-electron chi connectivity index (χ1n) is 10.8. The Morgan fingerprint density at radius 2 is 2.03 bits per heavy atom. The quantitative estimate of drug-likeness (QED) is 0.479. The van der Waals surface area contributed by atoms with E-state index in [1.807, 2.05) is 6.92 Å². The van der Waals surface area contributed by atoms with Crippen molar-refractivity contribution in [2.75, 3.05) is 12.4 Å². The highest BCUT2D eigenvalue weighted by Gasteiger charge is 2.51. The van der Waals surface area contributed by atoms with Gasteiger partial charge in [-0.05, 0) is 25.5 Å². The summed E-state index contributed by atoms with van der Waals surface area (Å²) in [6, 6.07) is 3.38. The highest BCUT2D eigenvalue weighted by molar-refractivity contribution is 7.16. The van der Waals surface area contributed by atoms with Crippen LogP contribution in [0.1, 0.15) is 33.0 Å². The van der Waals surface area contributed by atoms with Gasteiger partial charge in [-0.1, -0.05) is 22.9 Å². The van der Waals surface area contributed by atoms with Crippen molar-refractivity contribution in [1.82, 2.24) is 19.9 Å². The van der Waals surface area contributed by atoms with E-state index in [0.717, 1.165) is 4.88 Å². The standard InChI is InChI=1S/C23H20ClF2N5O3S/c1-10-3-11(12-5-19(24)28-7-17(12)34-2)15(6-27-10)21(32)30-23-29-16-8-31(9-18(16)35-23)22(33)14-4-13(14)20(25)26/h3,5-7,13-14,20H,4,8-9H2,1-2H3,(H,29,30,32)/t13-,14+/m0/s1. The average molecular weight is 520 g/mol. The predicted octanol–water partition coefficient (Wildman–Crippen LogP) is 4.57. The summed E-state index contributed by atoms with van der Waals surface area (Å²) in [6.45, 7) is 2.36. The van der Waals surface area contributed by atoms with Crippen LogP contribution in [0.2, 0.25) is 5.15 Å².